The number of carbonyl (C=O) groups is 1. The van der Waals surface area contributed by atoms with Gasteiger partial charge in [0.25, 0.3) is 5.91 Å². The number of fused-ring (bicyclic) bond motifs is 1. The number of para-hydroxylation sites is 1. The molecular formula is C16H16N4O2S. The van der Waals surface area contributed by atoms with E-state index in [4.69, 9.17) is 10.5 Å². The molecular weight excluding hydrogens is 312 g/mol. The molecule has 118 valence electrons. The van der Waals surface area contributed by atoms with Crippen LogP contribution in [0.25, 0.3) is 10.2 Å². The molecule has 0 aliphatic carbocycles. The Kier molecular flexibility index (Phi) is 4.50. The van der Waals surface area contributed by atoms with E-state index in [1.165, 1.54) is 17.7 Å². The minimum atomic E-state index is -0.366. The molecule has 0 bridgehead atoms. The Bertz CT molecular complexity index is 834. The fourth-order valence-electron chi connectivity index (χ4n) is 2.34. The number of thiophene rings is 1. The van der Waals surface area contributed by atoms with Crippen LogP contribution in [0.3, 0.4) is 0 Å². The summed E-state index contributed by atoms with van der Waals surface area (Å²) >= 11 is 1.47. The average molecular weight is 328 g/mol. The normalized spacial score (nSPS) is 12.1. The standard InChI is InChI=1S/C16H16N4O2S/c1-22-13-5-3-2-4-10(13)12(17)8-18-15(21)14-11-6-7-23-16(11)20-9-19-14/h2-7,9,12H,8,17H2,1H3,(H,18,21)/t12-/m0/s1. The van der Waals surface area contributed by atoms with Crippen molar-refractivity contribution in [1.82, 2.24) is 15.3 Å². The van der Waals surface area contributed by atoms with E-state index in [1.54, 1.807) is 7.11 Å². The molecule has 6 nitrogen and oxygen atoms in total. The summed E-state index contributed by atoms with van der Waals surface area (Å²) < 4.78 is 5.29. The number of hydrogen-bond donors (Lipinski definition) is 2. The van der Waals surface area contributed by atoms with Crippen LogP contribution >= 0.6 is 11.3 Å². The number of nitrogens with zero attached hydrogens (tertiary/aromatic N) is 2. The minimum absolute atomic E-state index is 0.263. The molecule has 3 aromatic rings. The third-order valence-electron chi connectivity index (χ3n) is 3.50. The molecule has 3 N–H and O–H groups in total. The molecule has 23 heavy (non-hydrogen) atoms. The van der Waals surface area contributed by atoms with Gasteiger partial charge < -0.3 is 15.8 Å². The van der Waals surface area contributed by atoms with Crippen molar-refractivity contribution in [3.8, 4) is 5.75 Å². The quantitative estimate of drug-likeness (QED) is 0.749. The zero-order chi connectivity index (χ0) is 16.2. The van der Waals surface area contributed by atoms with Gasteiger partial charge in [-0.2, -0.15) is 0 Å². The molecule has 0 aliphatic rings. The maximum absolute atomic E-state index is 12.4. The topological polar surface area (TPSA) is 90.1 Å². The summed E-state index contributed by atoms with van der Waals surface area (Å²) in [6, 6.07) is 8.97. The van der Waals surface area contributed by atoms with Gasteiger partial charge in [-0.05, 0) is 17.5 Å². The van der Waals surface area contributed by atoms with E-state index in [0.29, 0.717) is 11.4 Å². The molecule has 7 heteroatoms. The molecule has 0 aliphatic heterocycles. The highest BCUT2D eigenvalue weighted by atomic mass is 32.1. The second-order valence-electron chi connectivity index (χ2n) is 4.92. The largest absolute Gasteiger partial charge is 0.496 e. The summed E-state index contributed by atoms with van der Waals surface area (Å²) in [6.07, 6.45) is 1.40. The van der Waals surface area contributed by atoms with Crippen LogP contribution in [0, 0.1) is 0 Å². The summed E-state index contributed by atoms with van der Waals surface area (Å²) in [5.41, 5.74) is 7.38. The molecule has 2 aromatic heterocycles. The molecule has 3 rings (SSSR count). The predicted molar refractivity (Wildman–Crippen MR) is 89.7 cm³/mol. The van der Waals surface area contributed by atoms with Crippen LogP contribution in [0.5, 0.6) is 5.75 Å². The Hall–Kier alpha value is -2.51. The van der Waals surface area contributed by atoms with Gasteiger partial charge in [0.05, 0.1) is 13.2 Å². The van der Waals surface area contributed by atoms with E-state index in [2.05, 4.69) is 15.3 Å². The van der Waals surface area contributed by atoms with Crippen LogP contribution in [-0.2, 0) is 0 Å². The lowest BCUT2D eigenvalue weighted by Crippen LogP contribution is -2.32. The highest BCUT2D eigenvalue weighted by Gasteiger charge is 2.16. The molecule has 0 fully saturated rings. The van der Waals surface area contributed by atoms with Gasteiger partial charge in [-0.1, -0.05) is 18.2 Å². The van der Waals surface area contributed by atoms with Crippen molar-refractivity contribution in [2.24, 2.45) is 5.73 Å². The van der Waals surface area contributed by atoms with Crippen molar-refractivity contribution in [3.63, 3.8) is 0 Å². The van der Waals surface area contributed by atoms with Crippen LogP contribution in [0.15, 0.2) is 42.0 Å². The van der Waals surface area contributed by atoms with Gasteiger partial charge in [-0.15, -0.1) is 11.3 Å². The zero-order valence-corrected chi connectivity index (χ0v) is 13.3. The molecule has 0 spiro atoms. The number of carbonyl (C=O) groups excluding carboxylic acids is 1. The van der Waals surface area contributed by atoms with Gasteiger partial charge in [0, 0.05) is 17.5 Å². The van der Waals surface area contributed by atoms with Crippen LogP contribution < -0.4 is 15.8 Å². The lowest BCUT2D eigenvalue weighted by atomic mass is 10.1. The van der Waals surface area contributed by atoms with Gasteiger partial charge in [-0.3, -0.25) is 4.79 Å². The fraction of sp³-hybridized carbons (Fsp3) is 0.188. The van der Waals surface area contributed by atoms with Crippen molar-refractivity contribution in [2.75, 3.05) is 13.7 Å². The molecule has 0 saturated carbocycles. The first-order valence-corrected chi connectivity index (χ1v) is 7.93. The maximum Gasteiger partial charge on any atom is 0.270 e. The van der Waals surface area contributed by atoms with Crippen molar-refractivity contribution < 1.29 is 9.53 Å². The molecule has 1 aromatic carbocycles. The van der Waals surface area contributed by atoms with E-state index in [-0.39, 0.29) is 18.5 Å². The van der Waals surface area contributed by atoms with Gasteiger partial charge in [0.15, 0.2) is 0 Å². The molecule has 0 unspecified atom stereocenters. The number of aromatic nitrogens is 2. The molecule has 0 saturated heterocycles. The molecule has 1 atom stereocenters. The highest BCUT2D eigenvalue weighted by molar-refractivity contribution is 7.16. The van der Waals surface area contributed by atoms with Crippen LogP contribution in [0.4, 0.5) is 0 Å². The van der Waals surface area contributed by atoms with Gasteiger partial charge in [0.2, 0.25) is 0 Å². The van der Waals surface area contributed by atoms with Gasteiger partial charge in [-0.25, -0.2) is 9.97 Å². The Morgan fingerprint density at radius 3 is 3.00 bits per heavy atom. The van der Waals surface area contributed by atoms with E-state index in [1.807, 2.05) is 35.7 Å². The second kappa shape index (κ2) is 6.72. The van der Waals surface area contributed by atoms with E-state index in [0.717, 1.165) is 15.8 Å². The average Bonchev–Trinajstić information content (AvgIpc) is 3.07. The van der Waals surface area contributed by atoms with Crippen LogP contribution in [0.1, 0.15) is 22.1 Å². The molecule has 0 radical (unpaired) electrons. The molecule has 2 heterocycles. The number of nitrogens with two attached hydrogens (primary N) is 1. The number of nitrogens with one attached hydrogen (secondary N) is 1. The summed E-state index contributed by atoms with van der Waals surface area (Å²) in [6.45, 7) is 0.287. The number of methoxy groups -OCH3 is 1. The molecule has 1 amide bonds. The Morgan fingerprint density at radius 1 is 1.35 bits per heavy atom. The third-order valence-corrected chi connectivity index (χ3v) is 4.32. The number of benzene rings is 1. The Morgan fingerprint density at radius 2 is 2.17 bits per heavy atom. The van der Waals surface area contributed by atoms with E-state index < -0.39 is 0 Å². The lowest BCUT2D eigenvalue weighted by Gasteiger charge is -2.16. The first-order valence-electron chi connectivity index (χ1n) is 7.05. The Balaban J connectivity index is 1.73. The number of hydrogen-bond acceptors (Lipinski definition) is 6. The SMILES string of the molecule is COc1ccccc1[C@@H](N)CNC(=O)c1ncnc2sccc12. The lowest BCUT2D eigenvalue weighted by molar-refractivity contribution is 0.0948. The summed E-state index contributed by atoms with van der Waals surface area (Å²) in [5, 5.41) is 5.46. The van der Waals surface area contributed by atoms with Crippen LogP contribution in [0.2, 0.25) is 0 Å². The van der Waals surface area contributed by atoms with Crippen LogP contribution in [-0.4, -0.2) is 29.5 Å². The first-order chi connectivity index (χ1) is 11.2. The summed E-state index contributed by atoms with van der Waals surface area (Å²) in [7, 11) is 1.60. The monoisotopic (exact) mass is 328 g/mol. The van der Waals surface area contributed by atoms with E-state index >= 15 is 0 Å². The van der Waals surface area contributed by atoms with E-state index in [9.17, 15) is 4.79 Å². The number of ether oxygens (including phenoxy) is 1. The van der Waals surface area contributed by atoms with Crippen molar-refractivity contribution in [2.45, 2.75) is 6.04 Å². The summed E-state index contributed by atoms with van der Waals surface area (Å²) in [4.78, 5) is 21.4. The zero-order valence-electron chi connectivity index (χ0n) is 12.5. The first kappa shape index (κ1) is 15.4. The summed E-state index contributed by atoms with van der Waals surface area (Å²) in [5.74, 6) is 0.442. The van der Waals surface area contributed by atoms with Crippen molar-refractivity contribution in [1.29, 1.82) is 0 Å². The fourth-order valence-corrected chi connectivity index (χ4v) is 3.07. The van der Waals surface area contributed by atoms with Crippen molar-refractivity contribution >= 4 is 27.5 Å². The highest BCUT2D eigenvalue weighted by Crippen LogP contribution is 2.23. The van der Waals surface area contributed by atoms with Gasteiger partial charge in [0.1, 0.15) is 22.6 Å². The third kappa shape index (κ3) is 3.15. The second-order valence-corrected chi connectivity index (χ2v) is 5.81. The minimum Gasteiger partial charge on any atom is -0.496 e. The Labute approximate surface area is 137 Å². The van der Waals surface area contributed by atoms with Gasteiger partial charge >= 0.3 is 0 Å². The maximum atomic E-state index is 12.4. The van der Waals surface area contributed by atoms with Crippen molar-refractivity contribution in [3.05, 3.63) is 53.3 Å². The number of rotatable bonds is 5. The number of amides is 1. The smallest absolute Gasteiger partial charge is 0.270 e. The predicted octanol–water partition coefficient (Wildman–Crippen LogP) is 2.13.